The van der Waals surface area contributed by atoms with Gasteiger partial charge in [-0.3, -0.25) is 9.36 Å². The Kier molecular flexibility index (Phi) is 4.93. The molecule has 1 aromatic carbocycles. The SMILES string of the molecule is Cc1cn([C@@H]2CC(O)[C@H](CO)O2)c(=O)nc1NC(=O)c1ccccc1. The van der Waals surface area contributed by atoms with Crippen LogP contribution in [0.1, 0.15) is 28.6 Å². The van der Waals surface area contributed by atoms with Gasteiger partial charge in [-0.15, -0.1) is 0 Å². The van der Waals surface area contributed by atoms with E-state index < -0.39 is 24.1 Å². The lowest BCUT2D eigenvalue weighted by Crippen LogP contribution is -2.29. The van der Waals surface area contributed by atoms with E-state index in [2.05, 4.69) is 10.3 Å². The summed E-state index contributed by atoms with van der Waals surface area (Å²) in [5.41, 5.74) is 0.431. The van der Waals surface area contributed by atoms with Crippen molar-refractivity contribution in [3.63, 3.8) is 0 Å². The number of aliphatic hydroxyl groups excluding tert-OH is 2. The van der Waals surface area contributed by atoms with E-state index >= 15 is 0 Å². The van der Waals surface area contributed by atoms with Crippen molar-refractivity contribution in [3.8, 4) is 0 Å². The summed E-state index contributed by atoms with van der Waals surface area (Å²) >= 11 is 0. The summed E-state index contributed by atoms with van der Waals surface area (Å²) in [6.07, 6.45) is -0.575. The Bertz CT molecular complexity index is 821. The highest BCUT2D eigenvalue weighted by Crippen LogP contribution is 2.27. The minimum absolute atomic E-state index is 0.173. The fourth-order valence-electron chi connectivity index (χ4n) is 2.72. The molecule has 1 aromatic heterocycles. The van der Waals surface area contributed by atoms with Gasteiger partial charge in [-0.2, -0.15) is 4.98 Å². The maximum Gasteiger partial charge on any atom is 0.351 e. The fraction of sp³-hybridized carbons (Fsp3) is 0.353. The van der Waals surface area contributed by atoms with Crippen molar-refractivity contribution in [3.05, 3.63) is 58.1 Å². The zero-order valence-electron chi connectivity index (χ0n) is 13.6. The highest BCUT2D eigenvalue weighted by molar-refractivity contribution is 6.03. The van der Waals surface area contributed by atoms with Crippen LogP contribution in [-0.4, -0.2) is 44.5 Å². The molecule has 0 spiro atoms. The molecule has 8 nitrogen and oxygen atoms in total. The Morgan fingerprint density at radius 2 is 2.12 bits per heavy atom. The van der Waals surface area contributed by atoms with Crippen LogP contribution < -0.4 is 11.0 Å². The van der Waals surface area contributed by atoms with Crippen LogP contribution >= 0.6 is 0 Å². The summed E-state index contributed by atoms with van der Waals surface area (Å²) in [5, 5.41) is 21.6. The number of anilines is 1. The van der Waals surface area contributed by atoms with Gasteiger partial charge in [0.1, 0.15) is 18.1 Å². The van der Waals surface area contributed by atoms with Crippen LogP contribution in [0, 0.1) is 6.92 Å². The van der Waals surface area contributed by atoms with Crippen LogP contribution in [0.15, 0.2) is 41.3 Å². The first kappa shape index (κ1) is 17.3. The summed E-state index contributed by atoms with van der Waals surface area (Å²) in [5.74, 6) is -0.186. The van der Waals surface area contributed by atoms with Crippen LogP contribution in [-0.2, 0) is 4.74 Å². The number of aliphatic hydroxyl groups is 2. The minimum Gasteiger partial charge on any atom is -0.394 e. The summed E-state index contributed by atoms with van der Waals surface area (Å²) in [7, 11) is 0. The van der Waals surface area contributed by atoms with E-state index in [0.717, 1.165) is 0 Å². The molecule has 1 fully saturated rings. The topological polar surface area (TPSA) is 114 Å². The average Bonchev–Trinajstić information content (AvgIpc) is 2.99. The Balaban J connectivity index is 1.81. The number of aromatic nitrogens is 2. The Morgan fingerprint density at radius 3 is 2.76 bits per heavy atom. The van der Waals surface area contributed by atoms with Gasteiger partial charge >= 0.3 is 5.69 Å². The van der Waals surface area contributed by atoms with E-state index in [1.54, 1.807) is 37.3 Å². The van der Waals surface area contributed by atoms with E-state index in [1.165, 1.54) is 10.8 Å². The third kappa shape index (κ3) is 3.60. The molecule has 0 saturated carbocycles. The lowest BCUT2D eigenvalue weighted by molar-refractivity contribution is -0.0459. The normalized spacial score (nSPS) is 22.8. The molecule has 132 valence electrons. The number of ether oxygens (including phenoxy) is 1. The molecule has 1 saturated heterocycles. The number of amides is 1. The quantitative estimate of drug-likeness (QED) is 0.741. The molecule has 3 atom stereocenters. The third-order valence-electron chi connectivity index (χ3n) is 4.10. The number of hydrogen-bond donors (Lipinski definition) is 3. The molecular weight excluding hydrogens is 326 g/mol. The second-order valence-corrected chi connectivity index (χ2v) is 5.90. The van der Waals surface area contributed by atoms with Crippen molar-refractivity contribution in [2.24, 2.45) is 0 Å². The largest absolute Gasteiger partial charge is 0.394 e. The highest BCUT2D eigenvalue weighted by Gasteiger charge is 2.35. The molecule has 3 N–H and O–H groups in total. The van der Waals surface area contributed by atoms with Crippen molar-refractivity contribution in [2.45, 2.75) is 31.8 Å². The van der Waals surface area contributed by atoms with Gasteiger partial charge in [0.05, 0.1) is 12.7 Å². The minimum atomic E-state index is -0.848. The smallest absolute Gasteiger partial charge is 0.351 e. The van der Waals surface area contributed by atoms with Gasteiger partial charge in [0.2, 0.25) is 0 Å². The molecular formula is C17H19N3O5. The van der Waals surface area contributed by atoms with Crippen LogP contribution in [0.5, 0.6) is 0 Å². The van der Waals surface area contributed by atoms with Crippen molar-refractivity contribution in [1.82, 2.24) is 9.55 Å². The van der Waals surface area contributed by atoms with E-state index in [0.29, 0.717) is 11.1 Å². The first-order valence-corrected chi connectivity index (χ1v) is 7.90. The van der Waals surface area contributed by atoms with Gasteiger partial charge in [0, 0.05) is 23.7 Å². The van der Waals surface area contributed by atoms with E-state index in [1.807, 2.05) is 0 Å². The van der Waals surface area contributed by atoms with Gasteiger partial charge in [-0.05, 0) is 19.1 Å². The predicted molar refractivity (Wildman–Crippen MR) is 89.2 cm³/mol. The number of nitrogens with zero attached hydrogens (tertiary/aromatic N) is 2. The first-order chi connectivity index (χ1) is 12.0. The van der Waals surface area contributed by atoms with Gasteiger partial charge < -0.3 is 20.3 Å². The number of aryl methyl sites for hydroxylation is 1. The van der Waals surface area contributed by atoms with Gasteiger partial charge in [0.15, 0.2) is 0 Å². The second-order valence-electron chi connectivity index (χ2n) is 5.90. The number of carbonyl (C=O) groups excluding carboxylic acids is 1. The summed E-state index contributed by atoms with van der Waals surface area (Å²) < 4.78 is 6.73. The van der Waals surface area contributed by atoms with E-state index in [4.69, 9.17) is 9.84 Å². The molecule has 8 heteroatoms. The molecule has 0 radical (unpaired) electrons. The van der Waals surface area contributed by atoms with Gasteiger partial charge in [0.25, 0.3) is 5.91 Å². The summed E-state index contributed by atoms with van der Waals surface area (Å²) in [6.45, 7) is 1.38. The predicted octanol–water partition coefficient (Wildman–Crippen LogP) is 0.445. The lowest BCUT2D eigenvalue weighted by Gasteiger charge is -2.16. The van der Waals surface area contributed by atoms with Crippen LogP contribution in [0.4, 0.5) is 5.82 Å². The number of hydrogen-bond acceptors (Lipinski definition) is 6. The standard InChI is InChI=1S/C17H19N3O5/c1-10-8-20(14-7-12(22)13(9-21)25-14)17(24)19-15(10)18-16(23)11-5-3-2-4-6-11/h2-6,8,12-14,21-22H,7,9H2,1H3,(H,18,19,23,24)/t12?,13-,14-/m0/s1. The van der Waals surface area contributed by atoms with Crippen LogP contribution in [0.3, 0.4) is 0 Å². The molecule has 2 aromatic rings. The molecule has 0 aliphatic carbocycles. The van der Waals surface area contributed by atoms with Crippen molar-refractivity contribution in [2.75, 3.05) is 11.9 Å². The van der Waals surface area contributed by atoms with Crippen LogP contribution in [0.2, 0.25) is 0 Å². The monoisotopic (exact) mass is 345 g/mol. The molecule has 1 unspecified atom stereocenters. The molecule has 2 heterocycles. The van der Waals surface area contributed by atoms with Crippen molar-refractivity contribution >= 4 is 11.7 Å². The Labute approximate surface area is 143 Å². The third-order valence-corrected chi connectivity index (χ3v) is 4.10. The summed E-state index contributed by atoms with van der Waals surface area (Å²) in [4.78, 5) is 28.4. The highest BCUT2D eigenvalue weighted by atomic mass is 16.5. The fourth-order valence-corrected chi connectivity index (χ4v) is 2.72. The molecule has 3 rings (SSSR count). The van der Waals surface area contributed by atoms with Gasteiger partial charge in [-0.25, -0.2) is 4.79 Å². The second kappa shape index (κ2) is 7.14. The zero-order chi connectivity index (χ0) is 18.0. The van der Waals surface area contributed by atoms with Gasteiger partial charge in [-0.1, -0.05) is 18.2 Å². The number of carbonyl (C=O) groups is 1. The molecule has 25 heavy (non-hydrogen) atoms. The molecule has 1 amide bonds. The Hall–Kier alpha value is -2.55. The average molecular weight is 345 g/mol. The molecule has 1 aliphatic heterocycles. The van der Waals surface area contributed by atoms with Crippen molar-refractivity contribution in [1.29, 1.82) is 0 Å². The number of benzene rings is 1. The van der Waals surface area contributed by atoms with Crippen LogP contribution in [0.25, 0.3) is 0 Å². The first-order valence-electron chi connectivity index (χ1n) is 7.90. The summed E-state index contributed by atoms with van der Waals surface area (Å²) in [6, 6.07) is 8.61. The molecule has 1 aliphatic rings. The van der Waals surface area contributed by atoms with E-state index in [9.17, 15) is 14.7 Å². The Morgan fingerprint density at radius 1 is 1.40 bits per heavy atom. The number of nitrogens with one attached hydrogen (secondary N) is 1. The maximum absolute atomic E-state index is 12.3. The maximum atomic E-state index is 12.3. The van der Waals surface area contributed by atoms with Crippen molar-refractivity contribution < 1.29 is 19.7 Å². The van der Waals surface area contributed by atoms with E-state index in [-0.39, 0.29) is 24.8 Å². The zero-order valence-corrected chi connectivity index (χ0v) is 13.6. The lowest BCUT2D eigenvalue weighted by atomic mass is 10.2. The molecule has 0 bridgehead atoms. The number of rotatable bonds is 4.